The molecule has 1 aliphatic rings. The Balaban J connectivity index is 1.15. The molecule has 0 heterocycles. The van der Waals surface area contributed by atoms with Gasteiger partial charge in [-0.15, -0.1) is 11.8 Å². The van der Waals surface area contributed by atoms with Crippen molar-refractivity contribution in [2.24, 2.45) is 0 Å². The number of alkyl carbamates (subject to hydrolysis) is 1. The number of nitrogens with one attached hydrogen (secondary N) is 1. The number of amides is 1. The Bertz CT molecular complexity index is 1980. The van der Waals surface area contributed by atoms with Crippen molar-refractivity contribution in [3.8, 4) is 11.1 Å². The van der Waals surface area contributed by atoms with E-state index < -0.39 is 22.9 Å². The van der Waals surface area contributed by atoms with Crippen molar-refractivity contribution in [2.75, 3.05) is 12.4 Å². The van der Waals surface area contributed by atoms with Gasteiger partial charge in [0.05, 0.1) is 10.8 Å². The maximum atomic E-state index is 13.6. The molecule has 1 N–H and O–H groups in total. The van der Waals surface area contributed by atoms with Crippen LogP contribution >= 0.6 is 11.8 Å². The van der Waals surface area contributed by atoms with Gasteiger partial charge in [0.25, 0.3) is 0 Å². The van der Waals surface area contributed by atoms with Crippen LogP contribution in [0.4, 0.5) is 4.79 Å². The van der Waals surface area contributed by atoms with Crippen LogP contribution in [0, 0.1) is 0 Å². The first kappa shape index (κ1) is 34.6. The van der Waals surface area contributed by atoms with Crippen LogP contribution in [0.2, 0.25) is 0 Å². The minimum absolute atomic E-state index is 0.0728. The zero-order valence-electron chi connectivity index (χ0n) is 28.6. The number of thioether (sulfide) groups is 1. The smallest absolute Gasteiger partial charge is 0.407 e. The van der Waals surface area contributed by atoms with Gasteiger partial charge in [0.15, 0.2) is 0 Å². The number of esters is 1. The predicted octanol–water partition coefficient (Wildman–Crippen LogP) is 9.92. The van der Waals surface area contributed by atoms with Crippen molar-refractivity contribution in [2.45, 2.75) is 23.3 Å². The lowest BCUT2D eigenvalue weighted by atomic mass is 9.84. The first-order valence-corrected chi connectivity index (χ1v) is 18.4. The molecule has 258 valence electrons. The summed E-state index contributed by atoms with van der Waals surface area (Å²) in [5.74, 6) is -0.143. The molecule has 0 unspecified atom stereocenters. The number of hydrogen-bond donors (Lipinski definition) is 1. The van der Waals surface area contributed by atoms with E-state index in [1.165, 1.54) is 6.08 Å². The van der Waals surface area contributed by atoms with Gasteiger partial charge in [0.2, 0.25) is 0 Å². The van der Waals surface area contributed by atoms with Gasteiger partial charge in [-0.3, -0.25) is 0 Å². The standard InChI is InChI=1S/C46H39NO4S/c48-44(50-31-34-17-5-1-6-18-34)30-29-38(47-45(49)51-32-43-41-27-15-13-25-39(41)40-26-14-16-28-42(40)43)33-52-46(35-19-7-2-8-20-35,36-21-9-3-10-22-36)37-23-11-4-12-24-37/h1-30,38,43H,31-33H2,(H,47,49)/b30-29+/t38-/m1/s1. The second-order valence-electron chi connectivity index (χ2n) is 12.6. The van der Waals surface area contributed by atoms with E-state index >= 15 is 0 Å². The molecule has 0 aromatic heterocycles. The van der Waals surface area contributed by atoms with Gasteiger partial charge in [-0.05, 0) is 44.5 Å². The number of benzene rings is 6. The zero-order valence-corrected chi connectivity index (χ0v) is 29.5. The topological polar surface area (TPSA) is 64.6 Å². The molecule has 1 amide bonds. The van der Waals surface area contributed by atoms with Crippen LogP contribution in [0.3, 0.4) is 0 Å². The van der Waals surface area contributed by atoms with E-state index in [1.54, 1.807) is 17.8 Å². The average molecular weight is 702 g/mol. The van der Waals surface area contributed by atoms with E-state index in [4.69, 9.17) is 9.47 Å². The van der Waals surface area contributed by atoms with Crippen LogP contribution < -0.4 is 5.32 Å². The van der Waals surface area contributed by atoms with E-state index in [0.717, 1.165) is 44.5 Å². The second kappa shape index (κ2) is 16.4. The number of carbonyl (C=O) groups excluding carboxylic acids is 2. The number of rotatable bonds is 13. The number of carbonyl (C=O) groups is 2. The third-order valence-corrected chi connectivity index (χ3v) is 11.0. The highest BCUT2D eigenvalue weighted by Gasteiger charge is 2.37. The van der Waals surface area contributed by atoms with Crippen molar-refractivity contribution in [3.63, 3.8) is 0 Å². The highest BCUT2D eigenvalue weighted by atomic mass is 32.2. The molecule has 0 spiro atoms. The number of fused-ring (bicyclic) bond motifs is 3. The van der Waals surface area contributed by atoms with Gasteiger partial charge in [-0.25, -0.2) is 9.59 Å². The molecule has 0 aliphatic heterocycles. The molecule has 6 aromatic rings. The van der Waals surface area contributed by atoms with Crippen LogP contribution in [-0.2, 0) is 25.6 Å². The van der Waals surface area contributed by atoms with Crippen molar-refractivity contribution in [3.05, 3.63) is 215 Å². The minimum Gasteiger partial charge on any atom is -0.458 e. The van der Waals surface area contributed by atoms with E-state index in [9.17, 15) is 9.59 Å². The zero-order chi connectivity index (χ0) is 35.6. The second-order valence-corrected chi connectivity index (χ2v) is 13.9. The van der Waals surface area contributed by atoms with Crippen molar-refractivity contribution in [1.82, 2.24) is 5.32 Å². The highest BCUT2D eigenvalue weighted by Crippen LogP contribution is 2.49. The maximum absolute atomic E-state index is 13.6. The Hall–Kier alpha value is -5.85. The molecule has 1 aliphatic carbocycles. The molecule has 52 heavy (non-hydrogen) atoms. The van der Waals surface area contributed by atoms with Gasteiger partial charge in [-0.1, -0.05) is 176 Å². The highest BCUT2D eigenvalue weighted by molar-refractivity contribution is 8.00. The summed E-state index contributed by atoms with van der Waals surface area (Å²) in [4.78, 5) is 26.6. The van der Waals surface area contributed by atoms with Gasteiger partial charge in [-0.2, -0.15) is 0 Å². The average Bonchev–Trinajstić information content (AvgIpc) is 3.53. The van der Waals surface area contributed by atoms with Crippen molar-refractivity contribution >= 4 is 23.8 Å². The molecule has 0 saturated carbocycles. The van der Waals surface area contributed by atoms with Gasteiger partial charge < -0.3 is 14.8 Å². The lowest BCUT2D eigenvalue weighted by Crippen LogP contribution is -2.38. The predicted molar refractivity (Wildman–Crippen MR) is 209 cm³/mol. The molecule has 1 atom stereocenters. The summed E-state index contributed by atoms with van der Waals surface area (Å²) in [5.41, 5.74) is 8.81. The van der Waals surface area contributed by atoms with Crippen molar-refractivity contribution < 1.29 is 19.1 Å². The van der Waals surface area contributed by atoms with Gasteiger partial charge in [0, 0.05) is 17.7 Å². The Labute approximate surface area is 309 Å². The quantitative estimate of drug-likeness (QED) is 0.0738. The van der Waals surface area contributed by atoms with Crippen LogP contribution in [0.5, 0.6) is 0 Å². The molecule has 0 bridgehead atoms. The molecular weight excluding hydrogens is 663 g/mol. The Morgan fingerprint density at radius 1 is 0.615 bits per heavy atom. The lowest BCUT2D eigenvalue weighted by Gasteiger charge is -2.36. The van der Waals surface area contributed by atoms with E-state index in [0.29, 0.717) is 5.75 Å². The molecule has 0 fully saturated rings. The molecule has 0 radical (unpaired) electrons. The Kier molecular flexibility index (Phi) is 10.9. The first-order chi connectivity index (χ1) is 25.6. The van der Waals surface area contributed by atoms with Gasteiger partial charge >= 0.3 is 12.1 Å². The summed E-state index contributed by atoms with van der Waals surface area (Å²) in [7, 11) is 0. The maximum Gasteiger partial charge on any atom is 0.407 e. The SMILES string of the molecule is O=C(/C=C/[C@H](CSC(c1ccccc1)(c1ccccc1)c1ccccc1)NC(=O)OCC1c2ccccc2-c2ccccc21)OCc1ccccc1. The Morgan fingerprint density at radius 3 is 1.60 bits per heavy atom. The fourth-order valence-corrected chi connectivity index (χ4v) is 8.42. The fraction of sp³-hybridized carbons (Fsp3) is 0.130. The van der Waals surface area contributed by atoms with Crippen LogP contribution in [-0.4, -0.2) is 30.5 Å². The number of hydrogen-bond acceptors (Lipinski definition) is 5. The first-order valence-electron chi connectivity index (χ1n) is 17.4. The van der Waals surface area contributed by atoms with Crippen molar-refractivity contribution in [1.29, 1.82) is 0 Å². The summed E-state index contributed by atoms with van der Waals surface area (Å²) in [6, 6.07) is 56.6. The third-order valence-electron chi connectivity index (χ3n) is 9.36. The van der Waals surface area contributed by atoms with Gasteiger partial charge in [0.1, 0.15) is 13.2 Å². The van der Waals surface area contributed by atoms with E-state index in [2.05, 4.69) is 66.0 Å². The molecule has 5 nitrogen and oxygen atoms in total. The van der Waals surface area contributed by atoms with Crippen LogP contribution in [0.25, 0.3) is 11.1 Å². The molecule has 6 aromatic carbocycles. The lowest BCUT2D eigenvalue weighted by molar-refractivity contribution is -0.139. The molecule has 7 rings (SSSR count). The van der Waals surface area contributed by atoms with E-state index in [1.807, 2.05) is 109 Å². The summed E-state index contributed by atoms with van der Waals surface area (Å²) < 4.78 is 10.9. The third kappa shape index (κ3) is 7.73. The number of ether oxygens (including phenoxy) is 2. The fourth-order valence-electron chi connectivity index (χ4n) is 6.89. The summed E-state index contributed by atoms with van der Waals surface area (Å²) in [6.45, 7) is 0.340. The summed E-state index contributed by atoms with van der Waals surface area (Å²) >= 11 is 1.69. The largest absolute Gasteiger partial charge is 0.458 e. The minimum atomic E-state index is -0.619. The van der Waals surface area contributed by atoms with E-state index in [-0.39, 0.29) is 19.1 Å². The monoisotopic (exact) mass is 701 g/mol. The molecule has 6 heteroatoms. The summed E-state index contributed by atoms with van der Waals surface area (Å²) in [6.07, 6.45) is 2.54. The molecule has 0 saturated heterocycles. The molecular formula is C46H39NO4S. The van der Waals surface area contributed by atoms with Crippen LogP contribution in [0.1, 0.15) is 39.3 Å². The normalized spacial score (nSPS) is 12.8. The summed E-state index contributed by atoms with van der Waals surface area (Å²) in [5, 5.41) is 3.07. The van der Waals surface area contributed by atoms with Crippen LogP contribution in [0.15, 0.2) is 182 Å². The Morgan fingerprint density at radius 2 is 1.08 bits per heavy atom.